The Morgan fingerprint density at radius 3 is 2.92 bits per heavy atom. The Kier molecular flexibility index (Phi) is 5.31. The molecule has 0 radical (unpaired) electrons. The largest absolute Gasteiger partial charge is 0.464 e. The van der Waals surface area contributed by atoms with Gasteiger partial charge in [0.25, 0.3) is 0 Å². The lowest BCUT2D eigenvalue weighted by molar-refractivity contribution is 0.0596. The number of pyridine rings is 1. The van der Waals surface area contributed by atoms with Gasteiger partial charge in [0.2, 0.25) is 10.0 Å². The van der Waals surface area contributed by atoms with Crippen LogP contribution in [-0.2, 0) is 14.8 Å². The number of rotatable bonds is 5. The number of carbonyl (C=O) groups is 1. The van der Waals surface area contributed by atoms with Crippen LogP contribution in [0.5, 0.6) is 0 Å². The number of ether oxygens (including phenoxy) is 1. The third-order valence-electron chi connectivity index (χ3n) is 4.40. The number of hydrogen-bond donors (Lipinski definition) is 2. The van der Waals surface area contributed by atoms with Gasteiger partial charge in [-0.3, -0.25) is 0 Å². The van der Waals surface area contributed by atoms with Gasteiger partial charge < -0.3 is 10.1 Å². The Morgan fingerprint density at radius 1 is 1.36 bits per heavy atom. The molecule has 0 bridgehead atoms. The summed E-state index contributed by atoms with van der Waals surface area (Å²) in [6.45, 7) is 2.19. The maximum Gasteiger partial charge on any atom is 0.357 e. The Bertz CT molecular complexity index is 877. The lowest BCUT2D eigenvalue weighted by Gasteiger charge is -2.23. The SMILES string of the molecule is COC(=O)c1nccc2c(S(=O)(=O)NCC3CCCNC3)cccc12. The molecule has 0 saturated carbocycles. The van der Waals surface area contributed by atoms with E-state index in [0.29, 0.717) is 17.3 Å². The Balaban J connectivity index is 1.93. The fourth-order valence-electron chi connectivity index (χ4n) is 3.08. The molecule has 7 nitrogen and oxygen atoms in total. The second-order valence-electron chi connectivity index (χ2n) is 6.07. The van der Waals surface area contributed by atoms with Crippen molar-refractivity contribution in [3.05, 3.63) is 36.2 Å². The molecule has 3 rings (SSSR count). The fourth-order valence-corrected chi connectivity index (χ4v) is 4.41. The molecule has 1 aromatic heterocycles. The third kappa shape index (κ3) is 3.81. The lowest BCUT2D eigenvalue weighted by atomic mass is 10.0. The normalized spacial score (nSPS) is 18.2. The van der Waals surface area contributed by atoms with E-state index in [0.717, 1.165) is 25.9 Å². The van der Waals surface area contributed by atoms with E-state index in [1.165, 1.54) is 19.4 Å². The first-order valence-corrected chi connectivity index (χ1v) is 9.67. The number of benzene rings is 1. The Labute approximate surface area is 146 Å². The minimum atomic E-state index is -3.69. The highest BCUT2D eigenvalue weighted by Gasteiger charge is 2.22. The van der Waals surface area contributed by atoms with Gasteiger partial charge in [-0.15, -0.1) is 0 Å². The fraction of sp³-hybridized carbons (Fsp3) is 0.412. The zero-order valence-corrected chi connectivity index (χ0v) is 14.8. The zero-order chi connectivity index (χ0) is 17.9. The van der Waals surface area contributed by atoms with Crippen LogP contribution in [0.1, 0.15) is 23.3 Å². The number of aromatic nitrogens is 1. The summed E-state index contributed by atoms with van der Waals surface area (Å²) in [5.41, 5.74) is 0.105. The molecule has 8 heteroatoms. The average molecular weight is 363 g/mol. The molecule has 1 unspecified atom stereocenters. The van der Waals surface area contributed by atoms with E-state index in [9.17, 15) is 13.2 Å². The molecule has 1 fully saturated rings. The van der Waals surface area contributed by atoms with Crippen molar-refractivity contribution in [1.82, 2.24) is 15.0 Å². The molecule has 1 aliphatic rings. The molecule has 134 valence electrons. The van der Waals surface area contributed by atoms with Crippen LogP contribution in [0.2, 0.25) is 0 Å². The quantitative estimate of drug-likeness (QED) is 0.777. The predicted molar refractivity (Wildman–Crippen MR) is 93.9 cm³/mol. The molecule has 2 aromatic rings. The monoisotopic (exact) mass is 363 g/mol. The minimum absolute atomic E-state index is 0.105. The van der Waals surface area contributed by atoms with Crippen molar-refractivity contribution in [3.63, 3.8) is 0 Å². The average Bonchev–Trinajstić information content (AvgIpc) is 2.65. The van der Waals surface area contributed by atoms with Crippen molar-refractivity contribution >= 4 is 26.8 Å². The van der Waals surface area contributed by atoms with Crippen molar-refractivity contribution in [2.45, 2.75) is 17.7 Å². The maximum atomic E-state index is 12.8. The first-order valence-electron chi connectivity index (χ1n) is 8.19. The van der Waals surface area contributed by atoms with Crippen LogP contribution in [0.4, 0.5) is 0 Å². The van der Waals surface area contributed by atoms with E-state index in [1.807, 2.05) is 0 Å². The number of esters is 1. The number of sulfonamides is 1. The summed E-state index contributed by atoms with van der Waals surface area (Å²) in [6.07, 6.45) is 3.47. The van der Waals surface area contributed by atoms with Gasteiger partial charge in [-0.05, 0) is 44.0 Å². The predicted octanol–water partition coefficient (Wildman–Crippen LogP) is 1.30. The molecule has 1 aliphatic heterocycles. The van der Waals surface area contributed by atoms with Gasteiger partial charge in [-0.1, -0.05) is 12.1 Å². The van der Waals surface area contributed by atoms with E-state index in [2.05, 4.69) is 15.0 Å². The van der Waals surface area contributed by atoms with Gasteiger partial charge in [0.05, 0.1) is 12.0 Å². The van der Waals surface area contributed by atoms with Crippen molar-refractivity contribution in [1.29, 1.82) is 0 Å². The van der Waals surface area contributed by atoms with Crippen LogP contribution in [-0.4, -0.2) is 46.1 Å². The summed E-state index contributed by atoms with van der Waals surface area (Å²) in [7, 11) is -2.43. The third-order valence-corrected chi connectivity index (χ3v) is 5.88. The van der Waals surface area contributed by atoms with E-state index in [4.69, 9.17) is 4.74 Å². The number of hydrogen-bond acceptors (Lipinski definition) is 6. The minimum Gasteiger partial charge on any atom is -0.464 e. The smallest absolute Gasteiger partial charge is 0.357 e. The molecule has 2 heterocycles. The van der Waals surface area contributed by atoms with Crippen LogP contribution in [0.25, 0.3) is 10.8 Å². The number of piperidine rings is 1. The zero-order valence-electron chi connectivity index (χ0n) is 14.0. The molecule has 1 atom stereocenters. The van der Waals surface area contributed by atoms with Crippen LogP contribution >= 0.6 is 0 Å². The van der Waals surface area contributed by atoms with Crippen LogP contribution in [0.15, 0.2) is 35.4 Å². The summed E-state index contributed by atoms with van der Waals surface area (Å²) in [5, 5.41) is 4.18. The van der Waals surface area contributed by atoms with Gasteiger partial charge in [0, 0.05) is 23.5 Å². The highest BCUT2D eigenvalue weighted by atomic mass is 32.2. The molecule has 1 saturated heterocycles. The van der Waals surface area contributed by atoms with E-state index in [-0.39, 0.29) is 16.5 Å². The second kappa shape index (κ2) is 7.47. The molecule has 0 spiro atoms. The van der Waals surface area contributed by atoms with Crippen molar-refractivity contribution in [3.8, 4) is 0 Å². The summed E-state index contributed by atoms with van der Waals surface area (Å²) in [4.78, 5) is 16.0. The summed E-state index contributed by atoms with van der Waals surface area (Å²) in [6, 6.07) is 6.40. The maximum absolute atomic E-state index is 12.8. The number of nitrogens with one attached hydrogen (secondary N) is 2. The highest BCUT2D eigenvalue weighted by Crippen LogP contribution is 2.25. The van der Waals surface area contributed by atoms with Crippen LogP contribution in [0, 0.1) is 5.92 Å². The molecule has 25 heavy (non-hydrogen) atoms. The molecule has 1 aromatic carbocycles. The number of nitrogens with zero attached hydrogens (tertiary/aromatic N) is 1. The van der Waals surface area contributed by atoms with E-state index < -0.39 is 16.0 Å². The molecule has 2 N–H and O–H groups in total. The van der Waals surface area contributed by atoms with Gasteiger partial charge in [0.15, 0.2) is 5.69 Å². The lowest BCUT2D eigenvalue weighted by Crippen LogP contribution is -2.38. The first-order chi connectivity index (χ1) is 12.0. The number of carbonyl (C=O) groups excluding carboxylic acids is 1. The van der Waals surface area contributed by atoms with Crippen molar-refractivity contribution in [2.24, 2.45) is 5.92 Å². The Morgan fingerprint density at radius 2 is 2.20 bits per heavy atom. The van der Waals surface area contributed by atoms with Crippen LogP contribution in [0.3, 0.4) is 0 Å². The molecular weight excluding hydrogens is 342 g/mol. The second-order valence-corrected chi connectivity index (χ2v) is 7.80. The summed E-state index contributed by atoms with van der Waals surface area (Å²) >= 11 is 0. The molecular formula is C17H21N3O4S. The van der Waals surface area contributed by atoms with Crippen LogP contribution < -0.4 is 10.0 Å². The topological polar surface area (TPSA) is 97.4 Å². The summed E-state index contributed by atoms with van der Waals surface area (Å²) in [5.74, 6) is -0.313. The van der Waals surface area contributed by atoms with Gasteiger partial charge in [-0.2, -0.15) is 0 Å². The molecule has 0 amide bonds. The van der Waals surface area contributed by atoms with Crippen molar-refractivity contribution in [2.75, 3.05) is 26.7 Å². The number of methoxy groups -OCH3 is 1. The standard InChI is InChI=1S/C17H21N3O4S/c1-24-17(21)16-14-5-2-6-15(13(14)7-9-19-16)25(22,23)20-11-12-4-3-8-18-10-12/h2,5-7,9,12,18,20H,3-4,8,10-11H2,1H3. The van der Waals surface area contributed by atoms with Gasteiger partial charge in [-0.25, -0.2) is 22.9 Å². The van der Waals surface area contributed by atoms with E-state index >= 15 is 0 Å². The Hall–Kier alpha value is -2.03. The highest BCUT2D eigenvalue weighted by molar-refractivity contribution is 7.89. The molecule has 0 aliphatic carbocycles. The van der Waals surface area contributed by atoms with E-state index in [1.54, 1.807) is 18.2 Å². The van der Waals surface area contributed by atoms with Gasteiger partial charge in [0.1, 0.15) is 0 Å². The summed E-state index contributed by atoms with van der Waals surface area (Å²) < 4.78 is 33.0. The first kappa shape index (κ1) is 17.8. The van der Waals surface area contributed by atoms with Crippen molar-refractivity contribution < 1.29 is 17.9 Å². The number of fused-ring (bicyclic) bond motifs is 1. The van der Waals surface area contributed by atoms with Gasteiger partial charge >= 0.3 is 5.97 Å².